The smallest absolute Gasteiger partial charge is 0.251 e. The molecule has 3 nitrogen and oxygen atoms in total. The molecule has 122 valence electrons. The highest BCUT2D eigenvalue weighted by atomic mass is 16.3. The van der Waals surface area contributed by atoms with Crippen molar-refractivity contribution in [1.29, 1.82) is 0 Å². The molecule has 1 amide bonds. The summed E-state index contributed by atoms with van der Waals surface area (Å²) < 4.78 is 0. The Balaban J connectivity index is 1.63. The molecule has 0 saturated heterocycles. The lowest BCUT2D eigenvalue weighted by Crippen LogP contribution is -2.25. The molecule has 0 fully saturated rings. The van der Waals surface area contributed by atoms with E-state index in [-0.39, 0.29) is 5.91 Å². The second-order valence-corrected chi connectivity index (χ2v) is 6.00. The van der Waals surface area contributed by atoms with E-state index >= 15 is 0 Å². The van der Waals surface area contributed by atoms with Gasteiger partial charge in [-0.2, -0.15) is 0 Å². The van der Waals surface area contributed by atoms with Gasteiger partial charge in [0.25, 0.3) is 5.91 Å². The molecular weight excluding hydrogens is 298 g/mol. The average Bonchev–Trinajstić information content (AvgIpc) is 2.61. The van der Waals surface area contributed by atoms with Crippen molar-refractivity contribution in [1.82, 2.24) is 5.32 Å². The molecule has 3 rings (SSSR count). The Kier molecular flexibility index (Phi) is 4.92. The van der Waals surface area contributed by atoms with Gasteiger partial charge in [-0.15, -0.1) is 0 Å². The van der Waals surface area contributed by atoms with Crippen LogP contribution in [0.4, 0.5) is 0 Å². The predicted octanol–water partition coefficient (Wildman–Crippen LogP) is 4.00. The van der Waals surface area contributed by atoms with Gasteiger partial charge >= 0.3 is 0 Å². The van der Waals surface area contributed by atoms with E-state index in [4.69, 9.17) is 0 Å². The normalized spacial score (nSPS) is 12.1. The van der Waals surface area contributed by atoms with Crippen LogP contribution in [0.15, 0.2) is 66.7 Å². The van der Waals surface area contributed by atoms with Crippen LogP contribution in [0.1, 0.15) is 34.0 Å². The summed E-state index contributed by atoms with van der Waals surface area (Å²) in [4.78, 5) is 12.1. The van der Waals surface area contributed by atoms with Gasteiger partial charge in [-0.25, -0.2) is 0 Å². The number of aliphatic hydroxyl groups is 1. The number of fused-ring (bicyclic) bond motifs is 1. The van der Waals surface area contributed by atoms with Crippen LogP contribution in [0, 0.1) is 6.92 Å². The highest BCUT2D eigenvalue weighted by molar-refractivity contribution is 5.94. The van der Waals surface area contributed by atoms with Crippen LogP contribution in [0.3, 0.4) is 0 Å². The molecule has 0 aliphatic heterocycles. The Morgan fingerprint density at radius 1 is 1.04 bits per heavy atom. The lowest BCUT2D eigenvalue weighted by atomic mass is 9.99. The van der Waals surface area contributed by atoms with Gasteiger partial charge in [0.2, 0.25) is 0 Å². The van der Waals surface area contributed by atoms with E-state index in [0.29, 0.717) is 18.5 Å². The first-order valence-electron chi connectivity index (χ1n) is 8.16. The molecule has 1 unspecified atom stereocenters. The van der Waals surface area contributed by atoms with E-state index in [2.05, 4.69) is 5.32 Å². The fourth-order valence-corrected chi connectivity index (χ4v) is 2.91. The minimum Gasteiger partial charge on any atom is -0.388 e. The Morgan fingerprint density at radius 2 is 1.79 bits per heavy atom. The zero-order valence-corrected chi connectivity index (χ0v) is 13.7. The summed E-state index contributed by atoms with van der Waals surface area (Å²) in [7, 11) is 0. The summed E-state index contributed by atoms with van der Waals surface area (Å²) >= 11 is 0. The number of aliphatic hydroxyl groups excluding tert-OH is 1. The molecule has 3 aromatic rings. The van der Waals surface area contributed by atoms with E-state index in [1.807, 2.05) is 67.6 Å². The summed E-state index contributed by atoms with van der Waals surface area (Å²) in [5, 5.41) is 15.5. The van der Waals surface area contributed by atoms with E-state index < -0.39 is 6.10 Å². The minimum absolute atomic E-state index is 0.108. The van der Waals surface area contributed by atoms with Crippen molar-refractivity contribution in [3.8, 4) is 0 Å². The van der Waals surface area contributed by atoms with Crippen molar-refractivity contribution >= 4 is 16.7 Å². The third kappa shape index (κ3) is 3.63. The first-order chi connectivity index (χ1) is 11.6. The SMILES string of the molecule is Cc1cccc(C(=O)NCCC(O)c2cccc3ccccc23)c1. The number of aryl methyl sites for hydroxylation is 1. The van der Waals surface area contributed by atoms with Gasteiger partial charge in [0.15, 0.2) is 0 Å². The molecule has 0 saturated carbocycles. The molecule has 0 spiro atoms. The number of hydrogen-bond donors (Lipinski definition) is 2. The maximum Gasteiger partial charge on any atom is 0.251 e. The summed E-state index contributed by atoms with van der Waals surface area (Å²) in [5.74, 6) is -0.108. The number of amides is 1. The summed E-state index contributed by atoms with van der Waals surface area (Å²) in [6.07, 6.45) is -0.125. The number of carbonyl (C=O) groups is 1. The largest absolute Gasteiger partial charge is 0.388 e. The fraction of sp³-hybridized carbons (Fsp3) is 0.190. The van der Waals surface area contributed by atoms with E-state index in [9.17, 15) is 9.90 Å². The number of benzene rings is 3. The van der Waals surface area contributed by atoms with E-state index in [1.54, 1.807) is 6.07 Å². The number of hydrogen-bond acceptors (Lipinski definition) is 2. The van der Waals surface area contributed by atoms with Crippen molar-refractivity contribution in [2.45, 2.75) is 19.4 Å². The molecule has 24 heavy (non-hydrogen) atoms. The van der Waals surface area contributed by atoms with Crippen LogP contribution in [0.5, 0.6) is 0 Å². The van der Waals surface area contributed by atoms with E-state index in [0.717, 1.165) is 21.9 Å². The topological polar surface area (TPSA) is 49.3 Å². The maximum absolute atomic E-state index is 12.1. The number of nitrogens with one attached hydrogen (secondary N) is 1. The lowest BCUT2D eigenvalue weighted by Gasteiger charge is -2.14. The van der Waals surface area contributed by atoms with E-state index in [1.165, 1.54) is 0 Å². The van der Waals surface area contributed by atoms with Gasteiger partial charge in [-0.1, -0.05) is 60.2 Å². The molecule has 0 aromatic heterocycles. The van der Waals surface area contributed by atoms with Crippen molar-refractivity contribution in [3.05, 3.63) is 83.4 Å². The lowest BCUT2D eigenvalue weighted by molar-refractivity contribution is 0.0943. The monoisotopic (exact) mass is 319 g/mol. The first kappa shape index (κ1) is 16.2. The Morgan fingerprint density at radius 3 is 2.62 bits per heavy atom. The van der Waals surface area contributed by atoms with Gasteiger partial charge in [0, 0.05) is 12.1 Å². The highest BCUT2D eigenvalue weighted by Gasteiger charge is 2.12. The van der Waals surface area contributed by atoms with Gasteiger partial charge in [0.1, 0.15) is 0 Å². The van der Waals surface area contributed by atoms with Crippen LogP contribution in [0.2, 0.25) is 0 Å². The molecular formula is C21H21NO2. The molecule has 0 bridgehead atoms. The van der Waals surface area contributed by atoms with Gasteiger partial charge in [-0.05, 0) is 41.8 Å². The van der Waals surface area contributed by atoms with Crippen molar-refractivity contribution < 1.29 is 9.90 Å². The standard InChI is InChI=1S/C21H21NO2/c1-15-6-4-9-17(14-15)21(24)22-13-12-20(23)19-11-5-8-16-7-2-3-10-18(16)19/h2-11,14,20,23H,12-13H2,1H3,(H,22,24). The Labute approximate surface area is 142 Å². The van der Waals surface area contributed by atoms with Crippen LogP contribution in [-0.4, -0.2) is 17.6 Å². The predicted molar refractivity (Wildman–Crippen MR) is 97.0 cm³/mol. The number of rotatable bonds is 5. The summed E-state index contributed by atoms with van der Waals surface area (Å²) in [6.45, 7) is 2.39. The zero-order valence-electron chi connectivity index (χ0n) is 13.7. The second-order valence-electron chi connectivity index (χ2n) is 6.00. The first-order valence-corrected chi connectivity index (χ1v) is 8.16. The third-order valence-corrected chi connectivity index (χ3v) is 4.17. The molecule has 3 aromatic carbocycles. The minimum atomic E-state index is -0.603. The van der Waals surface area contributed by atoms with Crippen molar-refractivity contribution in [2.75, 3.05) is 6.54 Å². The van der Waals surface area contributed by atoms with Crippen molar-refractivity contribution in [3.63, 3.8) is 0 Å². The Bertz CT molecular complexity index is 852. The van der Waals surface area contributed by atoms with Gasteiger partial charge < -0.3 is 10.4 Å². The van der Waals surface area contributed by atoms with Crippen LogP contribution in [-0.2, 0) is 0 Å². The molecule has 2 N–H and O–H groups in total. The van der Waals surface area contributed by atoms with Gasteiger partial charge in [-0.3, -0.25) is 4.79 Å². The fourth-order valence-electron chi connectivity index (χ4n) is 2.91. The highest BCUT2D eigenvalue weighted by Crippen LogP contribution is 2.25. The summed E-state index contributed by atoms with van der Waals surface area (Å²) in [5.41, 5.74) is 2.60. The summed E-state index contributed by atoms with van der Waals surface area (Å²) in [6, 6.07) is 21.4. The third-order valence-electron chi connectivity index (χ3n) is 4.17. The molecule has 0 heterocycles. The molecule has 3 heteroatoms. The Hall–Kier alpha value is -2.65. The van der Waals surface area contributed by atoms with Crippen molar-refractivity contribution in [2.24, 2.45) is 0 Å². The molecule has 0 radical (unpaired) electrons. The van der Waals surface area contributed by atoms with Gasteiger partial charge in [0.05, 0.1) is 6.10 Å². The number of carbonyl (C=O) groups excluding carboxylic acids is 1. The zero-order chi connectivity index (χ0) is 16.9. The van der Waals surface area contributed by atoms with Crippen LogP contribution in [0.25, 0.3) is 10.8 Å². The molecule has 0 aliphatic carbocycles. The average molecular weight is 319 g/mol. The molecule has 1 atom stereocenters. The second kappa shape index (κ2) is 7.28. The maximum atomic E-state index is 12.1. The van der Waals surface area contributed by atoms with Crippen LogP contribution < -0.4 is 5.32 Å². The quantitative estimate of drug-likeness (QED) is 0.747. The van der Waals surface area contributed by atoms with Crippen LogP contribution >= 0.6 is 0 Å². The molecule has 0 aliphatic rings.